The molecule has 2 N–H and O–H groups in total. The molecule has 0 aromatic carbocycles. The molecule has 0 bridgehead atoms. The van der Waals surface area contributed by atoms with Crippen LogP contribution >= 0.6 is 0 Å². The number of carbonyl (C=O) groups excluding carboxylic acids is 1. The van der Waals surface area contributed by atoms with Crippen molar-refractivity contribution in [2.75, 3.05) is 13.1 Å². The van der Waals surface area contributed by atoms with Gasteiger partial charge in [0, 0.05) is 6.04 Å². The Morgan fingerprint density at radius 1 is 1.24 bits per heavy atom. The molecule has 0 heterocycles. The molecule has 1 unspecified atom stereocenters. The highest BCUT2D eigenvalue weighted by atomic mass is 16.1. The van der Waals surface area contributed by atoms with Crippen LogP contribution in [0.5, 0.6) is 0 Å². The second kappa shape index (κ2) is 8.51. The van der Waals surface area contributed by atoms with Gasteiger partial charge in [-0.3, -0.25) is 4.79 Å². The molecule has 1 fully saturated rings. The van der Waals surface area contributed by atoms with E-state index in [1.807, 2.05) is 0 Å². The van der Waals surface area contributed by atoms with E-state index < -0.39 is 0 Å². The fraction of sp³-hybridized carbons (Fsp3) is 0.929. The van der Waals surface area contributed by atoms with Crippen molar-refractivity contribution < 1.29 is 4.79 Å². The quantitative estimate of drug-likeness (QED) is 0.616. The van der Waals surface area contributed by atoms with Crippen LogP contribution in [0.4, 0.5) is 0 Å². The number of unbranched alkanes of at least 4 members (excludes halogenated alkanes) is 1. The van der Waals surface area contributed by atoms with Gasteiger partial charge in [-0.15, -0.1) is 0 Å². The summed E-state index contributed by atoms with van der Waals surface area (Å²) >= 11 is 0. The third-order valence-corrected chi connectivity index (χ3v) is 3.32. The topological polar surface area (TPSA) is 41.1 Å². The summed E-state index contributed by atoms with van der Waals surface area (Å²) in [5.41, 5.74) is 0. The van der Waals surface area contributed by atoms with Crippen molar-refractivity contribution in [2.45, 2.75) is 64.8 Å². The fourth-order valence-electron chi connectivity index (χ4n) is 2.08. The van der Waals surface area contributed by atoms with Gasteiger partial charge >= 0.3 is 0 Å². The maximum atomic E-state index is 11.7. The predicted octanol–water partition coefficient (Wildman–Crippen LogP) is 2.46. The van der Waals surface area contributed by atoms with E-state index in [4.69, 9.17) is 0 Å². The summed E-state index contributed by atoms with van der Waals surface area (Å²) in [6, 6.07) is 0.384. The largest absolute Gasteiger partial charge is 0.352 e. The average molecular weight is 240 g/mol. The molecule has 3 nitrogen and oxygen atoms in total. The molecule has 1 amide bonds. The molecular formula is C14H28N2O. The maximum absolute atomic E-state index is 11.7. The Hall–Kier alpha value is -0.570. The number of hydrogen-bond acceptors (Lipinski definition) is 2. The van der Waals surface area contributed by atoms with Crippen LogP contribution in [-0.2, 0) is 4.79 Å². The standard InChI is InChI=1S/C14H28N2O/c1-3-5-7-13(6-4-2)16-14(17)11-15-10-12-8-9-12/h12-13,15H,3-11H2,1-2H3,(H,16,17). The van der Waals surface area contributed by atoms with Gasteiger partial charge in [0.05, 0.1) is 6.54 Å². The maximum Gasteiger partial charge on any atom is 0.234 e. The Bertz CT molecular complexity index is 214. The Morgan fingerprint density at radius 3 is 2.59 bits per heavy atom. The van der Waals surface area contributed by atoms with Crippen LogP contribution in [0.25, 0.3) is 0 Å². The SMILES string of the molecule is CCCCC(CCC)NC(=O)CNCC1CC1. The molecule has 1 aliphatic carbocycles. The molecule has 1 atom stereocenters. The van der Waals surface area contributed by atoms with Crippen LogP contribution in [0.1, 0.15) is 58.8 Å². The van der Waals surface area contributed by atoms with Crippen LogP contribution in [0.3, 0.4) is 0 Å². The van der Waals surface area contributed by atoms with Crippen LogP contribution in [0.15, 0.2) is 0 Å². The number of hydrogen-bond donors (Lipinski definition) is 2. The van der Waals surface area contributed by atoms with Crippen LogP contribution in [-0.4, -0.2) is 25.0 Å². The van der Waals surface area contributed by atoms with Crippen molar-refractivity contribution >= 4 is 5.91 Å². The molecule has 0 aliphatic heterocycles. The van der Waals surface area contributed by atoms with Crippen molar-refractivity contribution in [3.05, 3.63) is 0 Å². The summed E-state index contributed by atoms with van der Waals surface area (Å²) < 4.78 is 0. The molecule has 1 aliphatic rings. The summed E-state index contributed by atoms with van der Waals surface area (Å²) in [5, 5.41) is 6.38. The Kier molecular flexibility index (Phi) is 7.25. The van der Waals surface area contributed by atoms with Crippen molar-refractivity contribution in [3.63, 3.8) is 0 Å². The summed E-state index contributed by atoms with van der Waals surface area (Å²) in [6.07, 6.45) is 8.46. The molecule has 0 aromatic heterocycles. The van der Waals surface area contributed by atoms with E-state index in [2.05, 4.69) is 24.5 Å². The summed E-state index contributed by atoms with van der Waals surface area (Å²) in [4.78, 5) is 11.7. The molecule has 0 spiro atoms. The summed E-state index contributed by atoms with van der Waals surface area (Å²) in [7, 11) is 0. The monoisotopic (exact) mass is 240 g/mol. The lowest BCUT2D eigenvalue weighted by Gasteiger charge is -2.18. The minimum Gasteiger partial charge on any atom is -0.352 e. The fourth-order valence-corrected chi connectivity index (χ4v) is 2.08. The van der Waals surface area contributed by atoms with Gasteiger partial charge in [0.25, 0.3) is 0 Å². The molecular weight excluding hydrogens is 212 g/mol. The first kappa shape index (κ1) is 14.5. The third kappa shape index (κ3) is 7.37. The zero-order valence-corrected chi connectivity index (χ0v) is 11.4. The van der Waals surface area contributed by atoms with Gasteiger partial charge in [0.2, 0.25) is 5.91 Å². The number of nitrogens with one attached hydrogen (secondary N) is 2. The normalized spacial score (nSPS) is 16.8. The zero-order chi connectivity index (χ0) is 12.5. The molecule has 0 radical (unpaired) electrons. The molecule has 0 aromatic rings. The lowest BCUT2D eigenvalue weighted by molar-refractivity contribution is -0.121. The van der Waals surface area contributed by atoms with Gasteiger partial charge in [-0.2, -0.15) is 0 Å². The third-order valence-electron chi connectivity index (χ3n) is 3.32. The van der Waals surface area contributed by atoms with Crippen molar-refractivity contribution in [2.24, 2.45) is 5.92 Å². The first-order valence-electron chi connectivity index (χ1n) is 7.26. The summed E-state index contributed by atoms with van der Waals surface area (Å²) in [5.74, 6) is 1.01. The second-order valence-electron chi connectivity index (χ2n) is 5.27. The van der Waals surface area contributed by atoms with Gasteiger partial charge < -0.3 is 10.6 Å². The number of carbonyl (C=O) groups is 1. The van der Waals surface area contributed by atoms with Gasteiger partial charge in [-0.05, 0) is 38.1 Å². The first-order chi connectivity index (χ1) is 8.26. The van der Waals surface area contributed by atoms with Crippen LogP contribution < -0.4 is 10.6 Å². The van der Waals surface area contributed by atoms with Crippen molar-refractivity contribution in [1.29, 1.82) is 0 Å². The molecule has 100 valence electrons. The van der Waals surface area contributed by atoms with E-state index in [9.17, 15) is 4.79 Å². The van der Waals surface area contributed by atoms with Gasteiger partial charge in [-0.25, -0.2) is 0 Å². The van der Waals surface area contributed by atoms with Crippen molar-refractivity contribution in [1.82, 2.24) is 10.6 Å². The van der Waals surface area contributed by atoms with Crippen molar-refractivity contribution in [3.8, 4) is 0 Å². The van der Waals surface area contributed by atoms with E-state index >= 15 is 0 Å². The average Bonchev–Trinajstić information content (AvgIpc) is 3.10. The van der Waals surface area contributed by atoms with Crippen LogP contribution in [0.2, 0.25) is 0 Å². The predicted molar refractivity (Wildman–Crippen MR) is 72.0 cm³/mol. The number of amides is 1. The Balaban J connectivity index is 2.09. The second-order valence-corrected chi connectivity index (χ2v) is 5.27. The Morgan fingerprint density at radius 2 is 2.00 bits per heavy atom. The lowest BCUT2D eigenvalue weighted by atomic mass is 10.1. The highest BCUT2D eigenvalue weighted by Crippen LogP contribution is 2.27. The highest BCUT2D eigenvalue weighted by Gasteiger charge is 2.20. The summed E-state index contributed by atoms with van der Waals surface area (Å²) in [6.45, 7) is 5.88. The highest BCUT2D eigenvalue weighted by molar-refractivity contribution is 5.78. The van der Waals surface area contributed by atoms with E-state index in [1.165, 1.54) is 25.7 Å². The van der Waals surface area contributed by atoms with E-state index in [-0.39, 0.29) is 5.91 Å². The van der Waals surface area contributed by atoms with Gasteiger partial charge in [0.15, 0.2) is 0 Å². The molecule has 1 saturated carbocycles. The molecule has 1 rings (SSSR count). The number of rotatable bonds is 10. The molecule has 0 saturated heterocycles. The lowest BCUT2D eigenvalue weighted by Crippen LogP contribution is -2.40. The van der Waals surface area contributed by atoms with E-state index in [1.54, 1.807) is 0 Å². The molecule has 3 heteroatoms. The van der Waals surface area contributed by atoms with E-state index in [0.717, 1.165) is 31.7 Å². The first-order valence-corrected chi connectivity index (χ1v) is 7.26. The van der Waals surface area contributed by atoms with E-state index in [0.29, 0.717) is 12.6 Å². The minimum absolute atomic E-state index is 0.167. The zero-order valence-electron chi connectivity index (χ0n) is 11.4. The van der Waals surface area contributed by atoms with Gasteiger partial charge in [0.1, 0.15) is 0 Å². The smallest absolute Gasteiger partial charge is 0.234 e. The minimum atomic E-state index is 0.167. The molecule has 17 heavy (non-hydrogen) atoms. The van der Waals surface area contributed by atoms with Crippen LogP contribution in [0, 0.1) is 5.92 Å². The van der Waals surface area contributed by atoms with Gasteiger partial charge in [-0.1, -0.05) is 33.1 Å². The Labute approximate surface area is 106 Å².